The molecule has 0 bridgehead atoms. The summed E-state index contributed by atoms with van der Waals surface area (Å²) in [6.07, 6.45) is 5.14. The molecule has 0 spiro atoms. The lowest BCUT2D eigenvalue weighted by molar-refractivity contribution is 0.0691. The van der Waals surface area contributed by atoms with Crippen molar-refractivity contribution in [3.63, 3.8) is 0 Å². The van der Waals surface area contributed by atoms with Gasteiger partial charge in [-0.25, -0.2) is 41.6 Å². The number of nitrogens with two attached hydrogens (primary N) is 3. The largest absolute Gasteiger partial charge is 0.476 e. The van der Waals surface area contributed by atoms with Crippen molar-refractivity contribution in [2.45, 2.75) is 13.8 Å². The monoisotopic (exact) mass is 812 g/mol. The highest BCUT2D eigenvalue weighted by Gasteiger charge is 2.16. The van der Waals surface area contributed by atoms with E-state index < -0.39 is 31.9 Å². The first-order valence-corrected chi connectivity index (χ1v) is 20.4. The number of sulfonamides is 2. The quantitative estimate of drug-likeness (QED) is 0.0943. The number of aromatic carboxylic acids is 1. The highest BCUT2D eigenvalue weighted by Crippen LogP contribution is 2.22. The molecule has 0 saturated carbocycles. The lowest BCUT2D eigenvalue weighted by Crippen LogP contribution is -2.17. The maximum Gasteiger partial charge on any atom is 0.358 e. The molecule has 10 N–H and O–H groups in total. The number of aromatic nitrogens is 4. The number of carbonyl (C=O) groups excluding carboxylic acids is 1. The Morgan fingerprint density at radius 1 is 0.561 bits per heavy atom. The number of amides is 1. The van der Waals surface area contributed by atoms with E-state index in [-0.39, 0.29) is 23.0 Å². The summed E-state index contributed by atoms with van der Waals surface area (Å²) in [5.74, 6) is -1.75. The highest BCUT2D eigenvalue weighted by molar-refractivity contribution is 7.92. The van der Waals surface area contributed by atoms with Gasteiger partial charge in [0, 0.05) is 33.9 Å². The molecule has 6 aromatic rings. The number of anilines is 6. The minimum Gasteiger partial charge on any atom is -0.476 e. The number of carboxylic acids is 1. The minimum absolute atomic E-state index is 0.0106. The minimum atomic E-state index is -3.37. The van der Waals surface area contributed by atoms with E-state index >= 15 is 0 Å². The predicted octanol–water partition coefficient (Wildman–Crippen LogP) is 5.03. The molecule has 57 heavy (non-hydrogen) atoms. The Morgan fingerprint density at radius 3 is 1.33 bits per heavy atom. The Balaban J connectivity index is 0.000000210. The van der Waals surface area contributed by atoms with Gasteiger partial charge in [-0.05, 0) is 62.4 Å². The Bertz CT molecular complexity index is 2570. The summed E-state index contributed by atoms with van der Waals surface area (Å²) in [5.41, 5.74) is 23.3. The predicted molar refractivity (Wildman–Crippen MR) is 222 cm³/mol. The van der Waals surface area contributed by atoms with Gasteiger partial charge in [0.25, 0.3) is 5.91 Å². The second-order valence-corrected chi connectivity index (χ2v) is 15.9. The van der Waals surface area contributed by atoms with E-state index in [9.17, 15) is 26.4 Å². The van der Waals surface area contributed by atoms with Gasteiger partial charge in [0.2, 0.25) is 20.0 Å². The van der Waals surface area contributed by atoms with Crippen LogP contribution >= 0.6 is 0 Å². The summed E-state index contributed by atoms with van der Waals surface area (Å²) >= 11 is 0. The summed E-state index contributed by atoms with van der Waals surface area (Å²) in [7, 11) is -6.55. The van der Waals surface area contributed by atoms with Gasteiger partial charge in [0.15, 0.2) is 23.0 Å². The molecule has 0 aliphatic rings. The molecule has 0 radical (unpaired) electrons. The number of hydrogen-bond acceptors (Lipinski definition) is 13. The molecule has 296 valence electrons. The van der Waals surface area contributed by atoms with Gasteiger partial charge in [-0.1, -0.05) is 59.7 Å². The van der Waals surface area contributed by atoms with Crippen molar-refractivity contribution < 1.29 is 31.5 Å². The number of carbonyl (C=O) groups is 2. The molecule has 0 fully saturated rings. The number of rotatable bonds is 9. The smallest absolute Gasteiger partial charge is 0.358 e. The third kappa shape index (κ3) is 13.6. The zero-order valence-corrected chi connectivity index (χ0v) is 32.8. The van der Waals surface area contributed by atoms with Gasteiger partial charge in [0.05, 0.1) is 36.3 Å². The fourth-order valence-electron chi connectivity index (χ4n) is 4.64. The number of carboxylic acid groups (broad SMARTS) is 1. The third-order valence-corrected chi connectivity index (χ3v) is 8.59. The molecule has 6 rings (SSSR count). The average molecular weight is 813 g/mol. The Kier molecular flexibility index (Phi) is 13.8. The summed E-state index contributed by atoms with van der Waals surface area (Å²) < 4.78 is 48.6. The number of aryl methyl sites for hydroxylation is 2. The molecular weight excluding hydrogens is 773 g/mol. The first-order valence-electron chi connectivity index (χ1n) is 16.6. The topological polar surface area (TPSA) is 288 Å². The van der Waals surface area contributed by atoms with Gasteiger partial charge in [-0.2, -0.15) is 0 Å². The van der Waals surface area contributed by atoms with Crippen LogP contribution in [-0.4, -0.2) is 66.3 Å². The zero-order chi connectivity index (χ0) is 41.9. The summed E-state index contributed by atoms with van der Waals surface area (Å²) in [6.45, 7) is 3.95. The van der Waals surface area contributed by atoms with Gasteiger partial charge in [-0.15, -0.1) is 0 Å². The van der Waals surface area contributed by atoms with Gasteiger partial charge >= 0.3 is 5.97 Å². The van der Waals surface area contributed by atoms with Crippen LogP contribution in [0.2, 0.25) is 0 Å². The van der Waals surface area contributed by atoms with Gasteiger partial charge in [-0.3, -0.25) is 14.2 Å². The molecule has 0 aliphatic heterocycles. The fraction of sp³-hybridized carbons (Fsp3) is 0.105. The van der Waals surface area contributed by atoms with Crippen LogP contribution in [0.5, 0.6) is 0 Å². The van der Waals surface area contributed by atoms with Crippen LogP contribution in [0.15, 0.2) is 109 Å². The molecular formula is C38H40N10O7S2. The first-order chi connectivity index (χ1) is 26.8. The zero-order valence-electron chi connectivity index (χ0n) is 31.1. The van der Waals surface area contributed by atoms with Gasteiger partial charge < -0.3 is 27.6 Å². The van der Waals surface area contributed by atoms with Gasteiger partial charge in [0.1, 0.15) is 0 Å². The maximum absolute atomic E-state index is 12.6. The van der Waals surface area contributed by atoms with Crippen LogP contribution in [0.3, 0.4) is 0 Å². The lowest BCUT2D eigenvalue weighted by atomic mass is 10.1. The molecule has 19 heteroatoms. The number of hydrogen-bond donors (Lipinski definition) is 7. The molecule has 0 unspecified atom stereocenters. The molecule has 2 heterocycles. The average Bonchev–Trinajstić information content (AvgIpc) is 3.14. The third-order valence-electron chi connectivity index (χ3n) is 7.37. The van der Waals surface area contributed by atoms with Crippen LogP contribution in [0.25, 0.3) is 22.5 Å². The van der Waals surface area contributed by atoms with E-state index in [4.69, 9.17) is 22.3 Å². The summed E-state index contributed by atoms with van der Waals surface area (Å²) in [6, 6.07) is 27.9. The van der Waals surface area contributed by atoms with Crippen LogP contribution in [0, 0.1) is 13.8 Å². The van der Waals surface area contributed by atoms with Crippen LogP contribution in [-0.2, 0) is 20.0 Å². The number of nitrogen functional groups attached to an aromatic ring is 3. The molecule has 17 nitrogen and oxygen atoms in total. The van der Waals surface area contributed by atoms with Crippen molar-refractivity contribution in [3.8, 4) is 22.5 Å². The molecule has 2 aromatic heterocycles. The van der Waals surface area contributed by atoms with Crippen molar-refractivity contribution in [1.82, 2.24) is 19.9 Å². The van der Waals surface area contributed by atoms with E-state index in [1.807, 2.05) is 62.4 Å². The summed E-state index contributed by atoms with van der Waals surface area (Å²) in [4.78, 5) is 39.7. The Labute approximate surface area is 329 Å². The van der Waals surface area contributed by atoms with Crippen molar-refractivity contribution >= 4 is 66.3 Å². The van der Waals surface area contributed by atoms with E-state index in [1.54, 1.807) is 36.4 Å². The highest BCUT2D eigenvalue weighted by atomic mass is 32.2. The summed E-state index contributed by atoms with van der Waals surface area (Å²) in [5, 5.41) is 11.6. The molecule has 0 saturated heterocycles. The van der Waals surface area contributed by atoms with E-state index in [0.717, 1.165) is 34.8 Å². The maximum atomic E-state index is 12.6. The number of nitrogens with zero attached hydrogens (tertiary/aromatic N) is 4. The van der Waals surface area contributed by atoms with Crippen LogP contribution in [0.1, 0.15) is 32.1 Å². The molecule has 1 amide bonds. The fourth-order valence-corrected chi connectivity index (χ4v) is 5.77. The number of benzene rings is 4. The Morgan fingerprint density at radius 2 is 0.930 bits per heavy atom. The second kappa shape index (κ2) is 18.5. The van der Waals surface area contributed by atoms with Crippen LogP contribution < -0.4 is 32.0 Å². The van der Waals surface area contributed by atoms with Crippen molar-refractivity contribution in [1.29, 1.82) is 0 Å². The van der Waals surface area contributed by atoms with Crippen LogP contribution in [0.4, 0.5) is 34.4 Å². The lowest BCUT2D eigenvalue weighted by Gasteiger charge is -2.09. The van der Waals surface area contributed by atoms with Crippen molar-refractivity contribution in [3.05, 3.63) is 132 Å². The van der Waals surface area contributed by atoms with E-state index in [1.165, 1.54) is 24.5 Å². The second-order valence-electron chi connectivity index (χ2n) is 12.4. The molecule has 0 atom stereocenters. The first kappa shape index (κ1) is 42.6. The van der Waals surface area contributed by atoms with E-state index in [0.29, 0.717) is 34.1 Å². The number of nitrogens with one attached hydrogen (secondary N) is 3. The van der Waals surface area contributed by atoms with Crippen molar-refractivity contribution in [2.24, 2.45) is 0 Å². The Hall–Kier alpha value is -7.12. The van der Waals surface area contributed by atoms with E-state index in [2.05, 4.69) is 34.7 Å². The molecule has 0 aliphatic carbocycles. The molecule has 4 aromatic carbocycles. The standard InChI is InChI=1S/C19H19N5O3S.C12H11N3O2.C7H10N2O2S/c1-12-3-5-13(6-4-12)16-11-21-18(20)17(23-16)19(25)22-14-7-9-15(10-8-14)24-28(2,26)27;1-7-2-4-8(5-3-7)9-6-14-11(13)10(15-9)12(16)17;1-12(10,11)9-7-4-2-6(8)3-5-7/h3-11,24H,1-2H3,(H2,20,21)(H,22,25);2-6H,1H3,(H2,13,14)(H,16,17);2-5,9H,8H2,1H3. The SMILES string of the molecule is CS(=O)(=O)Nc1ccc(N)cc1.Cc1ccc(-c2cnc(N)c(C(=O)Nc3ccc(NS(C)(=O)=O)cc3)n2)cc1.Cc1ccc(-c2cnc(N)c(C(=O)O)n2)cc1. The normalized spacial score (nSPS) is 10.8. The van der Waals surface area contributed by atoms with Crippen molar-refractivity contribution in [2.75, 3.05) is 44.5 Å².